The largest absolute Gasteiger partial charge is 0.348 e. The molecule has 9 heteroatoms. The highest BCUT2D eigenvalue weighted by Gasteiger charge is 2.18. The van der Waals surface area contributed by atoms with Gasteiger partial charge in [-0.15, -0.1) is 0 Å². The normalized spacial score (nSPS) is 12.3. The number of nitrogens with one attached hydrogen (secondary N) is 1. The van der Waals surface area contributed by atoms with Gasteiger partial charge in [-0.1, -0.05) is 23.7 Å². The fourth-order valence-corrected chi connectivity index (χ4v) is 3.40. The summed E-state index contributed by atoms with van der Waals surface area (Å²) in [4.78, 5) is 21.7. The van der Waals surface area contributed by atoms with Crippen molar-refractivity contribution in [2.45, 2.75) is 26.3 Å². The van der Waals surface area contributed by atoms with Gasteiger partial charge in [-0.2, -0.15) is 19.7 Å². The topological polar surface area (TPSA) is 90.0 Å². The van der Waals surface area contributed by atoms with Crippen LogP contribution < -0.4 is 5.32 Å². The highest BCUT2D eigenvalue weighted by atomic mass is 35.5. The average Bonchev–Trinajstić information content (AvgIpc) is 3.27. The van der Waals surface area contributed by atoms with E-state index in [9.17, 15) is 4.79 Å². The van der Waals surface area contributed by atoms with Crippen LogP contribution in [-0.2, 0) is 13.5 Å². The first kappa shape index (κ1) is 19.1. The van der Waals surface area contributed by atoms with Gasteiger partial charge in [0.15, 0.2) is 0 Å². The van der Waals surface area contributed by atoms with E-state index in [1.54, 1.807) is 22.9 Å². The van der Waals surface area contributed by atoms with Gasteiger partial charge in [0.2, 0.25) is 0 Å². The number of benzene rings is 1. The number of carbonyl (C=O) groups excluding carboxylic acids is 1. The van der Waals surface area contributed by atoms with Crippen molar-refractivity contribution in [2.24, 2.45) is 7.05 Å². The summed E-state index contributed by atoms with van der Waals surface area (Å²) in [6.45, 7) is 3.92. The van der Waals surface area contributed by atoms with Crippen molar-refractivity contribution < 1.29 is 4.79 Å². The van der Waals surface area contributed by atoms with E-state index in [1.165, 1.54) is 10.8 Å². The number of fused-ring (bicyclic) bond motifs is 1. The second-order valence-electron chi connectivity index (χ2n) is 7.00. The Kier molecular flexibility index (Phi) is 5.02. The minimum atomic E-state index is -0.243. The lowest BCUT2D eigenvalue weighted by Crippen LogP contribution is -2.35. The van der Waals surface area contributed by atoms with Gasteiger partial charge < -0.3 is 5.32 Å². The molecule has 0 bridgehead atoms. The second kappa shape index (κ2) is 7.63. The van der Waals surface area contributed by atoms with Crippen molar-refractivity contribution in [3.8, 4) is 11.3 Å². The van der Waals surface area contributed by atoms with E-state index >= 15 is 0 Å². The van der Waals surface area contributed by atoms with E-state index in [2.05, 4.69) is 25.5 Å². The minimum Gasteiger partial charge on any atom is -0.348 e. The maximum absolute atomic E-state index is 13.0. The van der Waals surface area contributed by atoms with E-state index in [4.69, 9.17) is 11.6 Å². The molecule has 4 rings (SSSR count). The number of hydrogen-bond donors (Lipinski definition) is 1. The van der Waals surface area contributed by atoms with E-state index < -0.39 is 0 Å². The Morgan fingerprint density at radius 2 is 2.03 bits per heavy atom. The number of amides is 1. The first-order valence-corrected chi connectivity index (χ1v) is 9.55. The number of nitrogens with zero attached hydrogens (tertiary/aromatic N) is 6. The third-order valence-electron chi connectivity index (χ3n) is 4.64. The van der Waals surface area contributed by atoms with E-state index in [0.29, 0.717) is 28.6 Å². The van der Waals surface area contributed by atoms with Gasteiger partial charge in [0.05, 0.1) is 11.4 Å². The zero-order valence-electron chi connectivity index (χ0n) is 16.3. The minimum absolute atomic E-state index is 0.0869. The van der Waals surface area contributed by atoms with Crippen LogP contribution in [0.5, 0.6) is 0 Å². The molecule has 29 heavy (non-hydrogen) atoms. The van der Waals surface area contributed by atoms with Gasteiger partial charge >= 0.3 is 0 Å². The first-order valence-electron chi connectivity index (χ1n) is 9.17. The Balaban J connectivity index is 1.62. The predicted octanol–water partition coefficient (Wildman–Crippen LogP) is 2.85. The molecule has 0 saturated heterocycles. The van der Waals surface area contributed by atoms with Crippen molar-refractivity contribution in [1.29, 1.82) is 0 Å². The average molecular weight is 410 g/mol. The molecule has 1 atom stereocenters. The van der Waals surface area contributed by atoms with Crippen LogP contribution in [0.4, 0.5) is 0 Å². The first-order chi connectivity index (χ1) is 13.9. The van der Waals surface area contributed by atoms with Gasteiger partial charge in [-0.25, -0.2) is 4.98 Å². The lowest BCUT2D eigenvalue weighted by atomic mass is 10.1. The number of carbonyl (C=O) groups is 1. The van der Waals surface area contributed by atoms with Crippen molar-refractivity contribution in [3.63, 3.8) is 0 Å². The lowest BCUT2D eigenvalue weighted by Gasteiger charge is -2.14. The van der Waals surface area contributed by atoms with Crippen LogP contribution >= 0.6 is 11.6 Å². The van der Waals surface area contributed by atoms with E-state index in [1.807, 2.05) is 39.2 Å². The van der Waals surface area contributed by atoms with E-state index in [-0.39, 0.29) is 11.9 Å². The van der Waals surface area contributed by atoms with Crippen molar-refractivity contribution >= 4 is 23.3 Å². The standard InChI is InChI=1S/C20H20ClN7O/c1-12(8-15-10-27(3)26-13(15)2)24-19(29)18-9-17(14-4-6-16(21)7-5-14)25-20-22-11-23-28(18)20/h4-7,9-12H,8H2,1-3H3,(H,24,29). The number of halogens is 1. The highest BCUT2D eigenvalue weighted by molar-refractivity contribution is 6.30. The van der Waals surface area contributed by atoms with Crippen molar-refractivity contribution in [3.05, 3.63) is 64.8 Å². The molecule has 0 aliphatic heterocycles. The molecule has 0 saturated carbocycles. The molecule has 148 valence electrons. The molecule has 0 aliphatic carbocycles. The molecular weight excluding hydrogens is 390 g/mol. The van der Waals surface area contributed by atoms with Crippen LogP contribution in [0.25, 0.3) is 17.0 Å². The zero-order valence-corrected chi connectivity index (χ0v) is 17.1. The highest BCUT2D eigenvalue weighted by Crippen LogP contribution is 2.21. The summed E-state index contributed by atoms with van der Waals surface area (Å²) >= 11 is 5.98. The van der Waals surface area contributed by atoms with Gasteiger partial charge in [-0.05, 0) is 44.0 Å². The molecule has 1 amide bonds. The summed E-state index contributed by atoms with van der Waals surface area (Å²) in [5.74, 6) is 0.116. The fourth-order valence-electron chi connectivity index (χ4n) is 3.27. The maximum atomic E-state index is 13.0. The molecule has 3 heterocycles. The Bertz CT molecular complexity index is 1180. The molecule has 4 aromatic rings. The van der Waals surface area contributed by atoms with Crippen LogP contribution in [-0.4, -0.2) is 41.3 Å². The van der Waals surface area contributed by atoms with Crippen LogP contribution in [0, 0.1) is 6.92 Å². The molecule has 0 aliphatic rings. The Morgan fingerprint density at radius 3 is 2.72 bits per heavy atom. The molecule has 0 radical (unpaired) electrons. The quantitative estimate of drug-likeness (QED) is 0.547. The van der Waals surface area contributed by atoms with Crippen LogP contribution in [0.1, 0.15) is 28.7 Å². The summed E-state index contributed by atoms with van der Waals surface area (Å²) in [7, 11) is 1.89. The smallest absolute Gasteiger partial charge is 0.270 e. The third kappa shape index (κ3) is 3.97. The molecule has 8 nitrogen and oxygen atoms in total. The summed E-state index contributed by atoms with van der Waals surface area (Å²) in [5.41, 5.74) is 3.90. The Hall–Kier alpha value is -3.26. The number of aromatic nitrogens is 6. The summed E-state index contributed by atoms with van der Waals surface area (Å²) < 4.78 is 3.22. The summed E-state index contributed by atoms with van der Waals surface area (Å²) in [5, 5.41) is 12.2. The Morgan fingerprint density at radius 1 is 1.28 bits per heavy atom. The van der Waals surface area contributed by atoms with Crippen LogP contribution in [0.15, 0.2) is 42.9 Å². The Labute approximate surface area is 172 Å². The third-order valence-corrected chi connectivity index (χ3v) is 4.90. The van der Waals surface area contributed by atoms with Crippen LogP contribution in [0.3, 0.4) is 0 Å². The SMILES string of the molecule is Cc1nn(C)cc1CC(C)NC(=O)c1cc(-c2ccc(Cl)cc2)nc2ncnn12. The van der Waals surface area contributed by atoms with E-state index in [0.717, 1.165) is 16.8 Å². The zero-order chi connectivity index (χ0) is 20.5. The number of rotatable bonds is 5. The van der Waals surface area contributed by atoms with Gasteiger partial charge in [-0.3, -0.25) is 9.48 Å². The number of hydrogen-bond acceptors (Lipinski definition) is 5. The molecule has 1 aromatic carbocycles. The second-order valence-corrected chi connectivity index (χ2v) is 7.43. The monoisotopic (exact) mass is 409 g/mol. The summed E-state index contributed by atoms with van der Waals surface area (Å²) in [6.07, 6.45) is 4.03. The van der Waals surface area contributed by atoms with Gasteiger partial charge in [0.1, 0.15) is 12.0 Å². The lowest BCUT2D eigenvalue weighted by molar-refractivity contribution is 0.0932. The van der Waals surface area contributed by atoms with Crippen LogP contribution in [0.2, 0.25) is 5.02 Å². The maximum Gasteiger partial charge on any atom is 0.270 e. The molecule has 0 fully saturated rings. The summed E-state index contributed by atoms with van der Waals surface area (Å²) in [6, 6.07) is 8.90. The fraction of sp³-hybridized carbons (Fsp3) is 0.250. The molecule has 1 N–H and O–H groups in total. The predicted molar refractivity (Wildman–Crippen MR) is 110 cm³/mol. The molecule has 0 spiro atoms. The van der Waals surface area contributed by atoms with Gasteiger partial charge in [0, 0.05) is 29.9 Å². The molecule has 3 aromatic heterocycles. The molecule has 1 unspecified atom stereocenters. The van der Waals surface area contributed by atoms with Gasteiger partial charge in [0.25, 0.3) is 11.7 Å². The van der Waals surface area contributed by atoms with Crippen molar-refractivity contribution in [2.75, 3.05) is 0 Å². The number of aryl methyl sites for hydroxylation is 2. The van der Waals surface area contributed by atoms with Crippen molar-refractivity contribution in [1.82, 2.24) is 34.7 Å². The molecular formula is C20H20ClN7O.